The fourth-order valence-corrected chi connectivity index (χ4v) is 2.30. The van der Waals surface area contributed by atoms with Crippen LogP contribution in [-0.2, 0) is 6.54 Å². The highest BCUT2D eigenvalue weighted by Crippen LogP contribution is 2.06. The van der Waals surface area contributed by atoms with Gasteiger partial charge < -0.3 is 16.0 Å². The summed E-state index contributed by atoms with van der Waals surface area (Å²) >= 11 is 0. The number of guanidine groups is 1. The van der Waals surface area contributed by atoms with Crippen LogP contribution in [0.1, 0.15) is 56.0 Å². The monoisotopic (exact) mass is 460 g/mol. The van der Waals surface area contributed by atoms with E-state index in [0.29, 0.717) is 12.1 Å². The number of unbranched alkanes of at least 4 members (excludes halogenated alkanes) is 1. The number of hydrogen-bond acceptors (Lipinski definition) is 2. The van der Waals surface area contributed by atoms with Gasteiger partial charge in [0, 0.05) is 25.7 Å². The maximum atomic E-state index is 11.5. The number of carbonyl (C=O) groups excluding carboxylic acids is 1. The molecule has 5 nitrogen and oxygen atoms in total. The number of halogens is 1. The van der Waals surface area contributed by atoms with Gasteiger partial charge in [0.05, 0.1) is 6.54 Å². The first-order valence-electron chi connectivity index (χ1n) is 8.90. The second-order valence-electron chi connectivity index (χ2n) is 6.29. The smallest absolute Gasteiger partial charge is 0.251 e. The standard InChI is InChI=1S/C19H32N4O.HI/c1-5-21-19(22-13-7-6-8-15(2)3)23-14-16-9-11-17(12-10-16)18(24)20-4;/h9-12,15H,5-8,13-14H2,1-4H3,(H,20,24)(H2,21,22,23);1H. The molecule has 1 amide bonds. The van der Waals surface area contributed by atoms with Gasteiger partial charge in [-0.05, 0) is 37.0 Å². The number of carbonyl (C=O) groups is 1. The van der Waals surface area contributed by atoms with Gasteiger partial charge >= 0.3 is 0 Å². The molecule has 6 heteroatoms. The van der Waals surface area contributed by atoms with E-state index in [2.05, 4.69) is 41.7 Å². The SMILES string of the molecule is CCNC(=NCc1ccc(C(=O)NC)cc1)NCCCCC(C)C.I. The fraction of sp³-hybridized carbons (Fsp3) is 0.579. The Labute approximate surface area is 169 Å². The van der Waals surface area contributed by atoms with E-state index in [1.165, 1.54) is 12.8 Å². The van der Waals surface area contributed by atoms with Gasteiger partial charge in [-0.3, -0.25) is 4.79 Å². The molecule has 3 N–H and O–H groups in total. The highest BCUT2D eigenvalue weighted by molar-refractivity contribution is 14.0. The molecule has 1 rings (SSSR count). The van der Waals surface area contributed by atoms with E-state index < -0.39 is 0 Å². The third kappa shape index (κ3) is 10.3. The highest BCUT2D eigenvalue weighted by Gasteiger charge is 2.02. The predicted molar refractivity (Wildman–Crippen MR) is 117 cm³/mol. The molecule has 0 fully saturated rings. The second kappa shape index (κ2) is 13.9. The number of nitrogens with zero attached hydrogens (tertiary/aromatic N) is 1. The Morgan fingerprint density at radius 3 is 2.36 bits per heavy atom. The van der Waals surface area contributed by atoms with Crippen LogP contribution in [0.25, 0.3) is 0 Å². The van der Waals surface area contributed by atoms with Crippen LogP contribution < -0.4 is 16.0 Å². The molecule has 0 unspecified atom stereocenters. The molecule has 1 aromatic carbocycles. The Kier molecular flexibility index (Phi) is 13.2. The van der Waals surface area contributed by atoms with E-state index in [4.69, 9.17) is 0 Å². The molecule has 0 aromatic heterocycles. The molecule has 0 saturated carbocycles. The summed E-state index contributed by atoms with van der Waals surface area (Å²) in [6.45, 7) is 8.95. The van der Waals surface area contributed by atoms with Gasteiger partial charge in [0.25, 0.3) is 5.91 Å². The van der Waals surface area contributed by atoms with E-state index in [1.807, 2.05) is 24.3 Å². The normalized spacial score (nSPS) is 11.0. The molecule has 0 aliphatic rings. The lowest BCUT2D eigenvalue weighted by molar-refractivity contribution is 0.0963. The van der Waals surface area contributed by atoms with Gasteiger partial charge in [0.15, 0.2) is 5.96 Å². The molecule has 0 aliphatic heterocycles. The Balaban J connectivity index is 0.00000576. The summed E-state index contributed by atoms with van der Waals surface area (Å²) < 4.78 is 0. The number of nitrogens with one attached hydrogen (secondary N) is 3. The van der Waals surface area contributed by atoms with Crippen LogP contribution in [0.5, 0.6) is 0 Å². The van der Waals surface area contributed by atoms with E-state index in [-0.39, 0.29) is 29.9 Å². The number of benzene rings is 1. The van der Waals surface area contributed by atoms with Crippen molar-refractivity contribution < 1.29 is 4.79 Å². The van der Waals surface area contributed by atoms with Gasteiger partial charge in [-0.2, -0.15) is 0 Å². The predicted octanol–water partition coefficient (Wildman–Crippen LogP) is 3.55. The van der Waals surface area contributed by atoms with Crippen LogP contribution in [-0.4, -0.2) is 32.0 Å². The van der Waals surface area contributed by atoms with Crippen molar-refractivity contribution >= 4 is 35.8 Å². The topological polar surface area (TPSA) is 65.5 Å². The van der Waals surface area contributed by atoms with Crippen molar-refractivity contribution in [3.63, 3.8) is 0 Å². The van der Waals surface area contributed by atoms with E-state index in [0.717, 1.165) is 37.0 Å². The maximum absolute atomic E-state index is 11.5. The fourth-order valence-electron chi connectivity index (χ4n) is 2.30. The van der Waals surface area contributed by atoms with Crippen molar-refractivity contribution in [2.45, 2.75) is 46.6 Å². The minimum Gasteiger partial charge on any atom is -0.357 e. The number of amides is 1. The first-order valence-corrected chi connectivity index (χ1v) is 8.90. The zero-order valence-corrected chi connectivity index (χ0v) is 18.2. The van der Waals surface area contributed by atoms with Crippen LogP contribution in [0.3, 0.4) is 0 Å². The summed E-state index contributed by atoms with van der Waals surface area (Å²) in [7, 11) is 1.63. The summed E-state index contributed by atoms with van der Waals surface area (Å²) in [4.78, 5) is 16.1. The lowest BCUT2D eigenvalue weighted by Gasteiger charge is -2.11. The van der Waals surface area contributed by atoms with Gasteiger partial charge in [-0.25, -0.2) is 4.99 Å². The number of rotatable bonds is 9. The first-order chi connectivity index (χ1) is 11.6. The molecule has 1 aromatic rings. The van der Waals surface area contributed by atoms with Crippen LogP contribution in [0.15, 0.2) is 29.3 Å². The largest absolute Gasteiger partial charge is 0.357 e. The molecule has 25 heavy (non-hydrogen) atoms. The Bertz CT molecular complexity index is 515. The maximum Gasteiger partial charge on any atom is 0.251 e. The molecular formula is C19H33IN4O. The molecular weight excluding hydrogens is 427 g/mol. The summed E-state index contributed by atoms with van der Waals surface area (Å²) in [5.41, 5.74) is 1.75. The molecule has 0 spiro atoms. The molecule has 0 aliphatic carbocycles. The minimum atomic E-state index is -0.0681. The lowest BCUT2D eigenvalue weighted by atomic mass is 10.1. The summed E-state index contributed by atoms with van der Waals surface area (Å²) in [5, 5.41) is 9.27. The third-order valence-electron chi connectivity index (χ3n) is 3.71. The Hall–Kier alpha value is -1.31. The van der Waals surface area contributed by atoms with E-state index in [9.17, 15) is 4.79 Å². The highest BCUT2D eigenvalue weighted by atomic mass is 127. The summed E-state index contributed by atoms with van der Waals surface area (Å²) in [6.07, 6.45) is 3.67. The van der Waals surface area contributed by atoms with E-state index >= 15 is 0 Å². The summed E-state index contributed by atoms with van der Waals surface area (Å²) in [5.74, 6) is 1.54. The molecule has 0 bridgehead atoms. The molecule has 0 saturated heterocycles. The minimum absolute atomic E-state index is 0. The third-order valence-corrected chi connectivity index (χ3v) is 3.71. The van der Waals surface area contributed by atoms with Crippen molar-refractivity contribution in [2.75, 3.05) is 20.1 Å². The van der Waals surface area contributed by atoms with Crippen molar-refractivity contribution in [3.05, 3.63) is 35.4 Å². The average Bonchev–Trinajstić information content (AvgIpc) is 2.58. The molecule has 0 heterocycles. The van der Waals surface area contributed by atoms with Gasteiger partial charge in [0.1, 0.15) is 0 Å². The van der Waals surface area contributed by atoms with Crippen LogP contribution in [0.4, 0.5) is 0 Å². The van der Waals surface area contributed by atoms with Crippen molar-refractivity contribution in [2.24, 2.45) is 10.9 Å². The van der Waals surface area contributed by atoms with Crippen LogP contribution in [0, 0.1) is 5.92 Å². The number of aliphatic imine (C=N–C) groups is 1. The molecule has 0 radical (unpaired) electrons. The van der Waals surface area contributed by atoms with Crippen molar-refractivity contribution in [1.82, 2.24) is 16.0 Å². The van der Waals surface area contributed by atoms with E-state index in [1.54, 1.807) is 7.05 Å². The lowest BCUT2D eigenvalue weighted by Crippen LogP contribution is -2.37. The second-order valence-corrected chi connectivity index (χ2v) is 6.29. The zero-order chi connectivity index (χ0) is 17.8. The van der Waals surface area contributed by atoms with Crippen molar-refractivity contribution in [1.29, 1.82) is 0 Å². The molecule has 0 atom stereocenters. The average molecular weight is 460 g/mol. The Morgan fingerprint density at radius 2 is 1.80 bits per heavy atom. The number of hydrogen-bond donors (Lipinski definition) is 3. The van der Waals surface area contributed by atoms with Crippen LogP contribution in [0.2, 0.25) is 0 Å². The zero-order valence-electron chi connectivity index (χ0n) is 15.9. The Morgan fingerprint density at radius 1 is 1.12 bits per heavy atom. The van der Waals surface area contributed by atoms with Gasteiger partial charge in [-0.15, -0.1) is 24.0 Å². The molecule has 142 valence electrons. The van der Waals surface area contributed by atoms with Crippen LogP contribution >= 0.6 is 24.0 Å². The summed E-state index contributed by atoms with van der Waals surface area (Å²) in [6, 6.07) is 7.55. The van der Waals surface area contributed by atoms with Crippen molar-refractivity contribution in [3.8, 4) is 0 Å². The van der Waals surface area contributed by atoms with Gasteiger partial charge in [-0.1, -0.05) is 38.8 Å². The first kappa shape index (κ1) is 23.7. The van der Waals surface area contributed by atoms with Gasteiger partial charge in [0.2, 0.25) is 0 Å². The quantitative estimate of drug-likeness (QED) is 0.229.